The van der Waals surface area contributed by atoms with Gasteiger partial charge in [-0.3, -0.25) is 4.90 Å². The van der Waals surface area contributed by atoms with Gasteiger partial charge in [-0.05, 0) is 24.6 Å². The second-order valence-electron chi connectivity index (χ2n) is 5.53. The standard InChI is InChI=1S/C16H22N4O2/c1-13(14-4-3-5-16(10-14)21-2)20-12-15(17-18-20)11-19-6-8-22-9-7-19/h3-5,10,12-13H,6-9,11H2,1-2H3. The Hall–Kier alpha value is -1.92. The Bertz CT molecular complexity index is 608. The fourth-order valence-electron chi connectivity index (χ4n) is 2.62. The molecule has 0 radical (unpaired) electrons. The molecule has 0 N–H and O–H groups in total. The van der Waals surface area contributed by atoms with Crippen LogP contribution in [0.5, 0.6) is 5.75 Å². The third-order valence-corrected chi connectivity index (χ3v) is 4.02. The molecule has 118 valence electrons. The summed E-state index contributed by atoms with van der Waals surface area (Å²) < 4.78 is 12.6. The lowest BCUT2D eigenvalue weighted by atomic mass is 10.1. The minimum Gasteiger partial charge on any atom is -0.497 e. The highest BCUT2D eigenvalue weighted by atomic mass is 16.5. The highest BCUT2D eigenvalue weighted by Crippen LogP contribution is 2.21. The quantitative estimate of drug-likeness (QED) is 0.842. The topological polar surface area (TPSA) is 52.4 Å². The van der Waals surface area contributed by atoms with E-state index in [-0.39, 0.29) is 6.04 Å². The summed E-state index contributed by atoms with van der Waals surface area (Å²) in [5.74, 6) is 0.859. The highest BCUT2D eigenvalue weighted by molar-refractivity contribution is 5.30. The van der Waals surface area contributed by atoms with Crippen molar-refractivity contribution in [3.05, 3.63) is 41.7 Å². The maximum atomic E-state index is 5.37. The van der Waals surface area contributed by atoms with Crippen molar-refractivity contribution >= 4 is 0 Å². The van der Waals surface area contributed by atoms with Gasteiger partial charge in [-0.15, -0.1) is 5.10 Å². The van der Waals surface area contributed by atoms with Crippen LogP contribution in [0.25, 0.3) is 0 Å². The molecule has 1 atom stereocenters. The van der Waals surface area contributed by atoms with E-state index in [2.05, 4.69) is 28.2 Å². The number of methoxy groups -OCH3 is 1. The number of hydrogen-bond acceptors (Lipinski definition) is 5. The third kappa shape index (κ3) is 3.45. The molecule has 0 bridgehead atoms. The number of ether oxygens (including phenoxy) is 2. The van der Waals surface area contributed by atoms with Crippen molar-refractivity contribution in [2.75, 3.05) is 33.4 Å². The normalized spacial score (nSPS) is 17.4. The minimum atomic E-state index is 0.126. The Labute approximate surface area is 130 Å². The predicted octanol–water partition coefficient (Wildman–Crippen LogP) is 1.73. The molecule has 0 saturated carbocycles. The zero-order valence-corrected chi connectivity index (χ0v) is 13.1. The van der Waals surface area contributed by atoms with Crippen LogP contribution in [0.1, 0.15) is 24.2 Å². The lowest BCUT2D eigenvalue weighted by Crippen LogP contribution is -2.35. The predicted molar refractivity (Wildman–Crippen MR) is 82.9 cm³/mol. The zero-order chi connectivity index (χ0) is 15.4. The van der Waals surface area contributed by atoms with Crippen molar-refractivity contribution in [3.63, 3.8) is 0 Å². The largest absolute Gasteiger partial charge is 0.497 e. The van der Waals surface area contributed by atoms with Gasteiger partial charge >= 0.3 is 0 Å². The second kappa shape index (κ2) is 6.89. The molecule has 1 fully saturated rings. The van der Waals surface area contributed by atoms with E-state index in [1.54, 1.807) is 7.11 Å². The second-order valence-corrected chi connectivity index (χ2v) is 5.53. The molecule has 0 aliphatic carbocycles. The first-order chi connectivity index (χ1) is 10.8. The van der Waals surface area contributed by atoms with E-state index in [1.165, 1.54) is 0 Å². The van der Waals surface area contributed by atoms with Gasteiger partial charge in [-0.1, -0.05) is 17.3 Å². The molecule has 0 amide bonds. The number of rotatable bonds is 5. The Balaban J connectivity index is 1.69. The Morgan fingerprint density at radius 2 is 2.14 bits per heavy atom. The molecule has 6 nitrogen and oxygen atoms in total. The van der Waals surface area contributed by atoms with Crippen LogP contribution in [0, 0.1) is 0 Å². The number of hydrogen-bond donors (Lipinski definition) is 0. The molecule has 6 heteroatoms. The summed E-state index contributed by atoms with van der Waals surface area (Å²) in [5, 5.41) is 8.58. The smallest absolute Gasteiger partial charge is 0.119 e. The molecule has 1 aliphatic rings. The first-order valence-corrected chi connectivity index (χ1v) is 7.61. The molecule has 3 rings (SSSR count). The molecule has 1 saturated heterocycles. The monoisotopic (exact) mass is 302 g/mol. The van der Waals surface area contributed by atoms with Crippen molar-refractivity contribution < 1.29 is 9.47 Å². The van der Waals surface area contributed by atoms with E-state index in [4.69, 9.17) is 9.47 Å². The molecule has 1 aromatic carbocycles. The molecule has 22 heavy (non-hydrogen) atoms. The van der Waals surface area contributed by atoms with E-state index in [0.717, 1.165) is 49.9 Å². The van der Waals surface area contributed by atoms with Gasteiger partial charge in [-0.2, -0.15) is 0 Å². The van der Waals surface area contributed by atoms with Crippen LogP contribution in [0.4, 0.5) is 0 Å². The summed E-state index contributed by atoms with van der Waals surface area (Å²) in [6.45, 7) is 6.45. The Morgan fingerprint density at radius 1 is 1.32 bits per heavy atom. The molecular weight excluding hydrogens is 280 g/mol. The summed E-state index contributed by atoms with van der Waals surface area (Å²) in [4.78, 5) is 2.34. The first kappa shape index (κ1) is 15.0. The van der Waals surface area contributed by atoms with Gasteiger partial charge in [0.1, 0.15) is 5.75 Å². The van der Waals surface area contributed by atoms with Crippen LogP contribution in [-0.2, 0) is 11.3 Å². The summed E-state index contributed by atoms with van der Waals surface area (Å²) in [5.41, 5.74) is 2.15. The van der Waals surface area contributed by atoms with E-state index >= 15 is 0 Å². The van der Waals surface area contributed by atoms with E-state index in [1.807, 2.05) is 29.1 Å². The van der Waals surface area contributed by atoms with E-state index in [9.17, 15) is 0 Å². The maximum Gasteiger partial charge on any atom is 0.119 e. The van der Waals surface area contributed by atoms with Gasteiger partial charge in [0.15, 0.2) is 0 Å². The Kier molecular flexibility index (Phi) is 4.70. The van der Waals surface area contributed by atoms with Gasteiger partial charge in [0.05, 0.1) is 38.3 Å². The van der Waals surface area contributed by atoms with Gasteiger partial charge in [0.2, 0.25) is 0 Å². The van der Waals surface area contributed by atoms with Gasteiger partial charge in [0, 0.05) is 19.6 Å². The molecule has 1 aromatic heterocycles. The molecule has 2 aromatic rings. The van der Waals surface area contributed by atoms with Gasteiger partial charge < -0.3 is 9.47 Å². The summed E-state index contributed by atoms with van der Waals surface area (Å²) in [6.07, 6.45) is 2.03. The molecule has 1 aliphatic heterocycles. The summed E-state index contributed by atoms with van der Waals surface area (Å²) in [6, 6.07) is 8.18. The van der Waals surface area contributed by atoms with Gasteiger partial charge in [0.25, 0.3) is 0 Å². The number of aromatic nitrogens is 3. The number of benzene rings is 1. The fourth-order valence-corrected chi connectivity index (χ4v) is 2.62. The lowest BCUT2D eigenvalue weighted by Gasteiger charge is -2.25. The van der Waals surface area contributed by atoms with Crippen molar-refractivity contribution in [3.8, 4) is 5.75 Å². The molecular formula is C16H22N4O2. The first-order valence-electron chi connectivity index (χ1n) is 7.61. The minimum absolute atomic E-state index is 0.126. The average molecular weight is 302 g/mol. The SMILES string of the molecule is COc1cccc(C(C)n2cc(CN3CCOCC3)nn2)c1. The Morgan fingerprint density at radius 3 is 2.91 bits per heavy atom. The molecule has 0 spiro atoms. The zero-order valence-electron chi connectivity index (χ0n) is 13.1. The van der Waals surface area contributed by atoms with Crippen molar-refractivity contribution in [1.29, 1.82) is 0 Å². The van der Waals surface area contributed by atoms with Crippen molar-refractivity contribution in [2.24, 2.45) is 0 Å². The van der Waals surface area contributed by atoms with Crippen molar-refractivity contribution in [1.82, 2.24) is 19.9 Å². The van der Waals surface area contributed by atoms with Crippen LogP contribution in [0.15, 0.2) is 30.5 Å². The van der Waals surface area contributed by atoms with Crippen LogP contribution in [-0.4, -0.2) is 53.3 Å². The van der Waals surface area contributed by atoms with Gasteiger partial charge in [-0.25, -0.2) is 4.68 Å². The summed E-state index contributed by atoms with van der Waals surface area (Å²) in [7, 11) is 1.68. The number of nitrogens with zero attached hydrogens (tertiary/aromatic N) is 4. The number of morpholine rings is 1. The van der Waals surface area contributed by atoms with Crippen LogP contribution in [0.2, 0.25) is 0 Å². The summed E-state index contributed by atoms with van der Waals surface area (Å²) >= 11 is 0. The maximum absolute atomic E-state index is 5.37. The van der Waals surface area contributed by atoms with Crippen LogP contribution in [0.3, 0.4) is 0 Å². The fraction of sp³-hybridized carbons (Fsp3) is 0.500. The third-order valence-electron chi connectivity index (χ3n) is 4.02. The van der Waals surface area contributed by atoms with E-state index in [0.29, 0.717) is 0 Å². The highest BCUT2D eigenvalue weighted by Gasteiger charge is 2.15. The molecule has 2 heterocycles. The van der Waals surface area contributed by atoms with Crippen LogP contribution >= 0.6 is 0 Å². The van der Waals surface area contributed by atoms with Crippen molar-refractivity contribution in [2.45, 2.75) is 19.5 Å². The van der Waals surface area contributed by atoms with E-state index < -0.39 is 0 Å². The molecule has 1 unspecified atom stereocenters. The van der Waals surface area contributed by atoms with Crippen LogP contribution < -0.4 is 4.74 Å². The lowest BCUT2D eigenvalue weighted by molar-refractivity contribution is 0.0336. The average Bonchev–Trinajstić information content (AvgIpc) is 3.03.